The van der Waals surface area contributed by atoms with Crippen molar-refractivity contribution < 1.29 is 4.42 Å². The van der Waals surface area contributed by atoms with Crippen LogP contribution < -0.4 is 11.3 Å². The zero-order valence-electron chi connectivity index (χ0n) is 13.0. The van der Waals surface area contributed by atoms with Crippen LogP contribution in [0, 0.1) is 22.7 Å². The lowest BCUT2D eigenvalue weighted by molar-refractivity contribution is 0.489. The van der Waals surface area contributed by atoms with Crippen LogP contribution in [0.25, 0.3) is 41.7 Å². The Hall–Kier alpha value is -3.74. The van der Waals surface area contributed by atoms with E-state index < -0.39 is 11.3 Å². The third-order valence-electron chi connectivity index (χ3n) is 4.59. The molecule has 26 heavy (non-hydrogen) atoms. The smallest absolute Gasteiger partial charge is 0.346 e. The summed E-state index contributed by atoms with van der Waals surface area (Å²) in [7, 11) is 0. The summed E-state index contributed by atoms with van der Waals surface area (Å²) >= 11 is 1.40. The number of hydrogen-bond donors (Lipinski definition) is 0. The molecule has 0 radical (unpaired) electrons. The summed E-state index contributed by atoms with van der Waals surface area (Å²) in [6.07, 6.45) is 0. The molecule has 120 valence electrons. The second kappa shape index (κ2) is 4.89. The van der Waals surface area contributed by atoms with Gasteiger partial charge in [0.1, 0.15) is 6.07 Å². The highest BCUT2D eigenvalue weighted by atomic mass is 32.1. The van der Waals surface area contributed by atoms with Crippen molar-refractivity contribution in [3.05, 3.63) is 68.4 Å². The highest BCUT2D eigenvalue weighted by molar-refractivity contribution is 7.25. The number of nitrogens with zero attached hydrogens (tertiary/aromatic N) is 2. The lowest BCUT2D eigenvalue weighted by Gasteiger charge is -2.13. The predicted octanol–water partition coefficient (Wildman–Crippen LogP) is 3.86. The van der Waals surface area contributed by atoms with Crippen LogP contribution in [-0.4, -0.2) is 0 Å². The molecule has 5 nitrogen and oxygen atoms in total. The Morgan fingerprint density at radius 2 is 1.46 bits per heavy atom. The van der Waals surface area contributed by atoms with Gasteiger partial charge in [0, 0.05) is 26.2 Å². The van der Waals surface area contributed by atoms with E-state index in [0.29, 0.717) is 32.0 Å². The lowest BCUT2D eigenvalue weighted by atomic mass is 9.93. The van der Waals surface area contributed by atoms with Gasteiger partial charge in [0.25, 0.3) is 0 Å². The topological polar surface area (TPSA) is 94.9 Å². The normalized spacial score (nSPS) is 11.3. The molecule has 3 aromatic carbocycles. The molecule has 2 aromatic heterocycles. The van der Waals surface area contributed by atoms with Gasteiger partial charge in [-0.1, -0.05) is 18.2 Å². The van der Waals surface area contributed by atoms with Crippen LogP contribution >= 0.6 is 11.3 Å². The molecule has 5 rings (SSSR count). The van der Waals surface area contributed by atoms with E-state index in [1.165, 1.54) is 23.5 Å². The molecule has 0 spiro atoms. The minimum Gasteiger partial charge on any atom is -0.386 e. The summed E-state index contributed by atoms with van der Waals surface area (Å²) in [4.78, 5) is 24.5. The molecule has 0 amide bonds. The molecule has 6 heteroatoms. The number of benzene rings is 3. The van der Waals surface area contributed by atoms with Gasteiger partial charge < -0.3 is 4.42 Å². The van der Waals surface area contributed by atoms with Crippen LogP contribution in [0.15, 0.2) is 50.4 Å². The molecule has 0 N–H and O–H groups in total. The summed E-state index contributed by atoms with van der Waals surface area (Å²) in [5.41, 5.74) is -0.912. The summed E-state index contributed by atoms with van der Waals surface area (Å²) in [5.74, 6) is 0. The fraction of sp³-hybridized carbons (Fsp3) is 0. The highest BCUT2D eigenvalue weighted by Gasteiger charge is 2.21. The molecule has 0 unspecified atom stereocenters. The molecular weight excluding hydrogens is 348 g/mol. The zero-order chi connectivity index (χ0) is 18.0. The molecule has 2 heterocycles. The minimum absolute atomic E-state index is 0.181. The van der Waals surface area contributed by atoms with Crippen LogP contribution in [0.1, 0.15) is 11.1 Å². The first-order chi connectivity index (χ1) is 12.6. The maximum absolute atomic E-state index is 12.3. The van der Waals surface area contributed by atoms with E-state index >= 15 is 0 Å². The Morgan fingerprint density at radius 3 is 2.15 bits per heavy atom. The summed E-state index contributed by atoms with van der Waals surface area (Å²) < 4.78 is 6.37. The Morgan fingerprint density at radius 1 is 0.808 bits per heavy atom. The van der Waals surface area contributed by atoms with Crippen molar-refractivity contribution in [2.45, 2.75) is 0 Å². The molecule has 5 aromatic rings. The molecule has 0 fully saturated rings. The van der Waals surface area contributed by atoms with Crippen molar-refractivity contribution in [2.24, 2.45) is 0 Å². The SMILES string of the molecule is N#Cc1cc2c(=O)oc(=O)c3cc(C#N)c4c5ccccc5sc1c4c23. The van der Waals surface area contributed by atoms with Crippen molar-refractivity contribution >= 4 is 53.1 Å². The Balaban J connectivity index is 2.34. The monoisotopic (exact) mass is 354 g/mol. The summed E-state index contributed by atoms with van der Waals surface area (Å²) in [5, 5.41) is 22.2. The van der Waals surface area contributed by atoms with Gasteiger partial charge in [-0.3, -0.25) is 0 Å². The molecule has 0 saturated carbocycles. The minimum atomic E-state index is -0.773. The van der Waals surface area contributed by atoms with Crippen molar-refractivity contribution in [3.63, 3.8) is 0 Å². The molecule has 0 aliphatic carbocycles. The quantitative estimate of drug-likeness (QED) is 0.311. The second-order valence-electron chi connectivity index (χ2n) is 5.90. The number of hydrogen-bond acceptors (Lipinski definition) is 6. The predicted molar refractivity (Wildman–Crippen MR) is 99.8 cm³/mol. The van der Waals surface area contributed by atoms with Crippen LogP contribution in [0.3, 0.4) is 0 Å². The van der Waals surface area contributed by atoms with Crippen molar-refractivity contribution in [2.75, 3.05) is 0 Å². The fourth-order valence-electron chi connectivity index (χ4n) is 3.55. The van der Waals surface area contributed by atoms with Gasteiger partial charge >= 0.3 is 11.3 Å². The first kappa shape index (κ1) is 14.6. The van der Waals surface area contributed by atoms with E-state index in [2.05, 4.69) is 12.1 Å². The van der Waals surface area contributed by atoms with E-state index in [-0.39, 0.29) is 10.8 Å². The first-order valence-corrected chi connectivity index (χ1v) is 8.47. The van der Waals surface area contributed by atoms with Crippen LogP contribution in [0.4, 0.5) is 0 Å². The van der Waals surface area contributed by atoms with Gasteiger partial charge in [-0.25, -0.2) is 9.59 Å². The van der Waals surface area contributed by atoms with Gasteiger partial charge in [-0.15, -0.1) is 11.3 Å². The zero-order valence-corrected chi connectivity index (χ0v) is 13.8. The van der Waals surface area contributed by atoms with Gasteiger partial charge in [0.2, 0.25) is 0 Å². The van der Waals surface area contributed by atoms with E-state index in [4.69, 9.17) is 4.42 Å². The molecular formula is C20H6N2O3S. The standard InChI is InChI=1S/C20H6N2O3S/c21-7-9-5-12-16-13(20(24)25-19(12)23)6-10(8-22)18-17(16)15(9)11-3-1-2-4-14(11)26-18/h1-6H. The Labute approximate surface area is 148 Å². The van der Waals surface area contributed by atoms with E-state index in [9.17, 15) is 20.1 Å². The van der Waals surface area contributed by atoms with Crippen molar-refractivity contribution in [1.82, 2.24) is 0 Å². The largest absolute Gasteiger partial charge is 0.386 e. The molecule has 0 atom stereocenters. The highest BCUT2D eigenvalue weighted by Crippen LogP contribution is 2.42. The van der Waals surface area contributed by atoms with Gasteiger partial charge in [-0.2, -0.15) is 10.5 Å². The maximum Gasteiger partial charge on any atom is 0.346 e. The average Bonchev–Trinajstić information content (AvgIpc) is 2.67. The Kier molecular flexibility index (Phi) is 2.74. The van der Waals surface area contributed by atoms with Crippen molar-refractivity contribution in [1.29, 1.82) is 10.5 Å². The van der Waals surface area contributed by atoms with Crippen LogP contribution in [-0.2, 0) is 0 Å². The van der Waals surface area contributed by atoms with E-state index in [1.54, 1.807) is 0 Å². The van der Waals surface area contributed by atoms with E-state index in [0.717, 1.165) is 10.1 Å². The van der Waals surface area contributed by atoms with Crippen molar-refractivity contribution in [3.8, 4) is 12.1 Å². The summed E-state index contributed by atoms with van der Waals surface area (Å²) in [6.45, 7) is 0. The number of fused-ring (bicyclic) bond motifs is 2. The third-order valence-corrected chi connectivity index (χ3v) is 5.80. The van der Waals surface area contributed by atoms with E-state index in [1.807, 2.05) is 24.3 Å². The average molecular weight is 354 g/mol. The molecule has 0 bridgehead atoms. The van der Waals surface area contributed by atoms with Crippen LogP contribution in [0.2, 0.25) is 0 Å². The molecule has 0 aliphatic heterocycles. The first-order valence-electron chi connectivity index (χ1n) is 7.65. The lowest BCUT2D eigenvalue weighted by Crippen LogP contribution is -2.13. The van der Waals surface area contributed by atoms with Gasteiger partial charge in [0.05, 0.1) is 32.7 Å². The second-order valence-corrected chi connectivity index (χ2v) is 6.95. The maximum atomic E-state index is 12.3. The number of nitriles is 2. The van der Waals surface area contributed by atoms with Gasteiger partial charge in [0.15, 0.2) is 0 Å². The van der Waals surface area contributed by atoms with Crippen LogP contribution in [0.5, 0.6) is 0 Å². The fourth-order valence-corrected chi connectivity index (χ4v) is 4.72. The number of rotatable bonds is 0. The third kappa shape index (κ3) is 1.66. The molecule has 0 saturated heterocycles. The van der Waals surface area contributed by atoms with Gasteiger partial charge in [-0.05, 0) is 18.2 Å². The summed E-state index contributed by atoms with van der Waals surface area (Å²) in [6, 6.07) is 14.8. The Bertz CT molecular complexity index is 1570. The molecule has 0 aliphatic rings.